The van der Waals surface area contributed by atoms with Gasteiger partial charge in [-0.25, -0.2) is 9.78 Å². The van der Waals surface area contributed by atoms with Gasteiger partial charge in [0.2, 0.25) is 0 Å². The molecule has 0 aliphatic carbocycles. The lowest BCUT2D eigenvalue weighted by molar-refractivity contribution is 0.0516. The third kappa shape index (κ3) is 3.44. The van der Waals surface area contributed by atoms with E-state index in [1.807, 2.05) is 41.3 Å². The van der Waals surface area contributed by atoms with Crippen LogP contribution in [0.5, 0.6) is 17.2 Å². The minimum atomic E-state index is -0.461. The van der Waals surface area contributed by atoms with Crippen LogP contribution in [0.15, 0.2) is 29.0 Å². The van der Waals surface area contributed by atoms with Crippen LogP contribution >= 0.6 is 11.3 Å². The van der Waals surface area contributed by atoms with Crippen LogP contribution < -0.4 is 14.2 Å². The number of esters is 1. The second kappa shape index (κ2) is 7.79. The molecule has 152 valence electrons. The summed E-state index contributed by atoms with van der Waals surface area (Å²) in [5.74, 6) is 2.02. The molecule has 1 aliphatic rings. The number of fused-ring (bicyclic) bond motifs is 3. The topological polar surface area (TPSA) is 71.8 Å². The first kappa shape index (κ1) is 19.3. The zero-order chi connectivity index (χ0) is 20.5. The summed E-state index contributed by atoms with van der Waals surface area (Å²) in [5, 5.41) is 3.97. The van der Waals surface area contributed by atoms with Gasteiger partial charge in [-0.1, -0.05) is 0 Å². The van der Waals surface area contributed by atoms with Crippen molar-refractivity contribution in [2.45, 2.75) is 33.5 Å². The smallest absolute Gasteiger partial charge is 0.358 e. The van der Waals surface area contributed by atoms with Crippen LogP contribution in [0.3, 0.4) is 0 Å². The molecule has 0 fully saturated rings. The van der Waals surface area contributed by atoms with Crippen molar-refractivity contribution in [3.63, 3.8) is 0 Å². The molecule has 0 bridgehead atoms. The third-order valence-corrected chi connectivity index (χ3v) is 5.12. The van der Waals surface area contributed by atoms with Crippen LogP contribution in [0.4, 0.5) is 0 Å². The minimum Gasteiger partial charge on any atom is -0.493 e. The van der Waals surface area contributed by atoms with Crippen molar-refractivity contribution >= 4 is 17.3 Å². The number of imidazole rings is 1. The lowest BCUT2D eigenvalue weighted by Gasteiger charge is -2.24. The van der Waals surface area contributed by atoms with Crippen LogP contribution in [-0.2, 0) is 11.3 Å². The zero-order valence-electron chi connectivity index (χ0n) is 16.7. The molecule has 0 radical (unpaired) electrons. The Kier molecular flexibility index (Phi) is 5.19. The molecule has 3 heterocycles. The maximum atomic E-state index is 12.5. The molecule has 4 rings (SSSR count). The number of benzene rings is 1. The van der Waals surface area contributed by atoms with Crippen LogP contribution in [-0.4, -0.2) is 35.3 Å². The van der Waals surface area contributed by atoms with E-state index < -0.39 is 5.97 Å². The van der Waals surface area contributed by atoms with Crippen molar-refractivity contribution in [2.24, 2.45) is 0 Å². The molecule has 0 saturated carbocycles. The second-order valence-electron chi connectivity index (χ2n) is 6.72. The maximum absolute atomic E-state index is 12.5. The number of nitrogens with zero attached hydrogens (tertiary/aromatic N) is 2. The van der Waals surface area contributed by atoms with Gasteiger partial charge in [0.25, 0.3) is 0 Å². The summed E-state index contributed by atoms with van der Waals surface area (Å²) in [4.78, 5) is 17.2. The van der Waals surface area contributed by atoms with E-state index in [-0.39, 0.29) is 25.0 Å². The van der Waals surface area contributed by atoms with E-state index in [4.69, 9.17) is 18.9 Å². The van der Waals surface area contributed by atoms with Gasteiger partial charge in [-0.05, 0) is 32.2 Å². The summed E-state index contributed by atoms with van der Waals surface area (Å²) in [6, 6.07) is 5.64. The van der Waals surface area contributed by atoms with Crippen LogP contribution in [0.25, 0.3) is 17.1 Å². The van der Waals surface area contributed by atoms with Gasteiger partial charge in [0, 0.05) is 23.1 Å². The Bertz CT molecular complexity index is 1040. The predicted octanol–water partition coefficient (Wildman–Crippen LogP) is 4.47. The van der Waals surface area contributed by atoms with E-state index in [1.165, 1.54) is 0 Å². The number of hydrogen-bond acceptors (Lipinski definition) is 7. The van der Waals surface area contributed by atoms with Crippen molar-refractivity contribution in [2.75, 3.05) is 13.7 Å². The summed E-state index contributed by atoms with van der Waals surface area (Å²) >= 11 is 1.57. The lowest BCUT2D eigenvalue weighted by atomic mass is 10.2. The summed E-state index contributed by atoms with van der Waals surface area (Å²) in [5.41, 5.74) is 2.58. The SMILES string of the molecule is CCOC(=O)c1nc(-c2ccsc2)n2c1COc1cc(OC)c(OC(C)C)cc1-2. The standard InChI is InChI=1S/C21H22N2O5S/c1-5-26-21(24)19-15-10-27-16-9-17(25-4)18(28-12(2)3)8-14(16)23(15)20(22-19)13-6-7-29-11-13/h6-9,11-12H,5,10H2,1-4H3. The van der Waals surface area contributed by atoms with Gasteiger partial charge in [-0.3, -0.25) is 4.57 Å². The average molecular weight is 414 g/mol. The van der Waals surface area contributed by atoms with Gasteiger partial charge >= 0.3 is 5.97 Å². The third-order valence-electron chi connectivity index (χ3n) is 4.43. The zero-order valence-corrected chi connectivity index (χ0v) is 17.5. The van der Waals surface area contributed by atoms with Crippen molar-refractivity contribution < 1.29 is 23.7 Å². The fraction of sp³-hybridized carbons (Fsp3) is 0.333. The van der Waals surface area contributed by atoms with Gasteiger partial charge in [0.1, 0.15) is 18.2 Å². The molecule has 1 aromatic carbocycles. The number of carbonyl (C=O) groups excluding carboxylic acids is 1. The molecule has 7 nitrogen and oxygen atoms in total. The molecule has 0 spiro atoms. The van der Waals surface area contributed by atoms with Crippen molar-refractivity contribution in [1.29, 1.82) is 0 Å². The summed E-state index contributed by atoms with van der Waals surface area (Å²) in [6.07, 6.45) is -0.0276. The van der Waals surface area contributed by atoms with Crippen molar-refractivity contribution in [3.05, 3.63) is 40.3 Å². The number of ether oxygens (including phenoxy) is 4. The highest BCUT2D eigenvalue weighted by molar-refractivity contribution is 7.08. The fourth-order valence-electron chi connectivity index (χ4n) is 3.27. The number of hydrogen-bond donors (Lipinski definition) is 0. The monoisotopic (exact) mass is 414 g/mol. The largest absolute Gasteiger partial charge is 0.493 e. The highest BCUT2D eigenvalue weighted by atomic mass is 32.1. The Hall–Kier alpha value is -3.00. The van der Waals surface area contributed by atoms with Gasteiger partial charge < -0.3 is 18.9 Å². The summed E-state index contributed by atoms with van der Waals surface area (Å²) in [7, 11) is 1.59. The van der Waals surface area contributed by atoms with Crippen LogP contribution in [0.2, 0.25) is 0 Å². The minimum absolute atomic E-state index is 0.0276. The molecular formula is C21H22N2O5S. The number of carbonyl (C=O) groups is 1. The van der Waals surface area contributed by atoms with Gasteiger partial charge in [0.05, 0.1) is 31.2 Å². The molecule has 1 aliphatic heterocycles. The van der Waals surface area contributed by atoms with Crippen LogP contribution in [0.1, 0.15) is 37.0 Å². The molecule has 0 unspecified atom stereocenters. The van der Waals surface area contributed by atoms with E-state index in [0.717, 1.165) is 11.3 Å². The van der Waals surface area contributed by atoms with Gasteiger partial charge in [0.15, 0.2) is 17.2 Å². The van der Waals surface area contributed by atoms with Gasteiger partial charge in [-0.2, -0.15) is 11.3 Å². The molecular weight excluding hydrogens is 392 g/mol. The normalized spacial score (nSPS) is 12.2. The van der Waals surface area contributed by atoms with E-state index in [9.17, 15) is 4.79 Å². The Morgan fingerprint density at radius 3 is 2.83 bits per heavy atom. The first-order valence-electron chi connectivity index (χ1n) is 9.36. The second-order valence-corrected chi connectivity index (χ2v) is 7.50. The summed E-state index contributed by atoms with van der Waals surface area (Å²) < 4.78 is 24.5. The van der Waals surface area contributed by atoms with Crippen molar-refractivity contribution in [1.82, 2.24) is 9.55 Å². The van der Waals surface area contributed by atoms with E-state index >= 15 is 0 Å². The van der Waals surface area contributed by atoms with Gasteiger partial charge in [-0.15, -0.1) is 0 Å². The Morgan fingerprint density at radius 1 is 1.34 bits per heavy atom. The number of thiophene rings is 1. The summed E-state index contributed by atoms with van der Waals surface area (Å²) in [6.45, 7) is 6.15. The molecule has 0 amide bonds. The van der Waals surface area contributed by atoms with Crippen LogP contribution in [0, 0.1) is 0 Å². The molecule has 0 N–H and O–H groups in total. The lowest BCUT2D eigenvalue weighted by Crippen LogP contribution is -2.17. The Labute approximate surface area is 172 Å². The fourth-order valence-corrected chi connectivity index (χ4v) is 3.90. The highest BCUT2D eigenvalue weighted by Crippen LogP contribution is 2.43. The average Bonchev–Trinajstić information content (AvgIpc) is 3.35. The molecule has 29 heavy (non-hydrogen) atoms. The first-order chi connectivity index (χ1) is 14.0. The first-order valence-corrected chi connectivity index (χ1v) is 10.3. The van der Waals surface area contributed by atoms with E-state index in [1.54, 1.807) is 31.4 Å². The number of aromatic nitrogens is 2. The maximum Gasteiger partial charge on any atom is 0.358 e. The number of rotatable bonds is 6. The molecule has 0 atom stereocenters. The highest BCUT2D eigenvalue weighted by Gasteiger charge is 2.31. The molecule has 2 aromatic heterocycles. The quantitative estimate of drug-likeness (QED) is 0.555. The number of methoxy groups -OCH3 is 1. The Balaban J connectivity index is 1.94. The molecule has 0 saturated heterocycles. The Morgan fingerprint density at radius 2 is 2.17 bits per heavy atom. The van der Waals surface area contributed by atoms with E-state index in [0.29, 0.717) is 28.8 Å². The predicted molar refractivity (Wildman–Crippen MR) is 109 cm³/mol. The molecule has 3 aromatic rings. The molecule has 8 heteroatoms. The van der Waals surface area contributed by atoms with E-state index in [2.05, 4.69) is 4.98 Å². The van der Waals surface area contributed by atoms with Crippen molar-refractivity contribution in [3.8, 4) is 34.3 Å².